The molecule has 0 amide bonds. The Labute approximate surface area is 249 Å². The lowest BCUT2D eigenvalue weighted by Crippen LogP contribution is -2.50. The van der Waals surface area contributed by atoms with E-state index in [-0.39, 0.29) is 18.8 Å². The van der Waals surface area contributed by atoms with Crippen LogP contribution in [0.1, 0.15) is 92.9 Å². The summed E-state index contributed by atoms with van der Waals surface area (Å²) in [6.45, 7) is 11.7. The number of nitrogens with two attached hydrogens (primary N) is 1. The first-order valence-electron chi connectivity index (χ1n) is 15.0. The van der Waals surface area contributed by atoms with Gasteiger partial charge in [0.1, 0.15) is 29.8 Å². The number of hydrogen-bond acceptors (Lipinski definition) is 10. The van der Waals surface area contributed by atoms with Crippen molar-refractivity contribution in [2.45, 2.75) is 117 Å². The van der Waals surface area contributed by atoms with Crippen LogP contribution in [0, 0.1) is 0 Å². The first-order chi connectivity index (χ1) is 19.9. The van der Waals surface area contributed by atoms with Gasteiger partial charge in [0.05, 0.1) is 32.2 Å². The highest BCUT2D eigenvalue weighted by Crippen LogP contribution is 2.40. The fraction of sp³-hybridized carbons (Fsp3) is 0.750. The summed E-state index contributed by atoms with van der Waals surface area (Å²) in [6, 6.07) is -0.911. The Morgan fingerprint density at radius 1 is 1.00 bits per heavy atom. The van der Waals surface area contributed by atoms with Crippen molar-refractivity contribution in [2.75, 3.05) is 25.3 Å². The lowest BCUT2D eigenvalue weighted by atomic mass is 10.1. The fourth-order valence-corrected chi connectivity index (χ4v) is 6.65. The maximum atomic E-state index is 14.2. The van der Waals surface area contributed by atoms with Gasteiger partial charge in [0.15, 0.2) is 11.5 Å². The largest absolute Gasteiger partial charge is 0.465 e. The van der Waals surface area contributed by atoms with Crippen molar-refractivity contribution in [3.63, 3.8) is 0 Å². The van der Waals surface area contributed by atoms with Crippen LogP contribution in [-0.2, 0) is 34.9 Å². The molecular weight excluding hydrogens is 561 g/mol. The van der Waals surface area contributed by atoms with Crippen LogP contribution in [0.2, 0.25) is 0 Å². The normalized spacial score (nSPS) is 14.8. The number of carbonyl (C=O) groups is 2. The summed E-state index contributed by atoms with van der Waals surface area (Å²) in [6.07, 6.45) is 9.94. The Kier molecular flexibility index (Phi) is 14.8. The highest BCUT2D eigenvalue weighted by Gasteiger charge is 2.39. The number of nitrogens with one attached hydrogen (secondary N) is 2. The average molecular weight is 612 g/mol. The molecule has 3 atom stereocenters. The Hall–Kier alpha value is -2.60. The molecule has 0 aliphatic rings. The minimum Gasteiger partial charge on any atom is -0.465 e. The lowest BCUT2D eigenvalue weighted by Gasteiger charge is -2.32. The van der Waals surface area contributed by atoms with E-state index >= 15 is 0 Å². The number of imidazole rings is 1. The van der Waals surface area contributed by atoms with Crippen molar-refractivity contribution in [1.82, 2.24) is 29.7 Å². The summed E-state index contributed by atoms with van der Waals surface area (Å²) in [5.74, 6) is -0.793. The van der Waals surface area contributed by atoms with Gasteiger partial charge >= 0.3 is 11.9 Å². The van der Waals surface area contributed by atoms with Crippen molar-refractivity contribution in [2.24, 2.45) is 0 Å². The highest BCUT2D eigenvalue weighted by molar-refractivity contribution is 7.59. The lowest BCUT2D eigenvalue weighted by molar-refractivity contribution is -0.149. The molecule has 0 saturated heterocycles. The van der Waals surface area contributed by atoms with E-state index in [4.69, 9.17) is 19.9 Å². The molecule has 0 radical (unpaired) electrons. The quantitative estimate of drug-likeness (QED) is 0.102. The standard InChI is InChI=1S/C28H50N7O6P/c1-7-9-11-13-15-39-26(36)22(4)33-42(38,34-28(5,6)27(37)40-16-14-12-10-8-2)20-41-21(3)17-35-19-32-23-24(29)30-18-31-25(23)35/h18-19,21-22H,7-17,20H2,1-6H3,(H2,29,30,31)(H2,33,34,38)/t21-,22-,42-/m1/s1. The smallest absolute Gasteiger partial charge is 0.326 e. The molecule has 2 heterocycles. The van der Waals surface area contributed by atoms with Crippen LogP contribution in [0.4, 0.5) is 5.82 Å². The molecule has 2 aromatic heterocycles. The molecule has 0 bridgehead atoms. The minimum atomic E-state index is -3.70. The van der Waals surface area contributed by atoms with Gasteiger partial charge in [-0.25, -0.2) is 25.1 Å². The van der Waals surface area contributed by atoms with Crippen LogP contribution in [0.5, 0.6) is 0 Å². The monoisotopic (exact) mass is 611 g/mol. The topological polar surface area (TPSA) is 173 Å². The molecule has 0 aromatic carbocycles. The van der Waals surface area contributed by atoms with Gasteiger partial charge in [0, 0.05) is 0 Å². The fourth-order valence-electron chi connectivity index (χ4n) is 4.26. The summed E-state index contributed by atoms with van der Waals surface area (Å²) in [5, 5.41) is 5.80. The number of unbranched alkanes of at least 4 members (excludes halogenated alkanes) is 6. The zero-order valence-corrected chi connectivity index (χ0v) is 27.0. The molecule has 14 heteroatoms. The second-order valence-electron chi connectivity index (χ2n) is 11.2. The number of aromatic nitrogens is 4. The van der Waals surface area contributed by atoms with E-state index in [1.165, 1.54) is 6.33 Å². The third-order valence-corrected chi connectivity index (χ3v) is 8.86. The van der Waals surface area contributed by atoms with Gasteiger partial charge in [-0.2, -0.15) is 0 Å². The van der Waals surface area contributed by atoms with Crippen molar-refractivity contribution in [3.8, 4) is 0 Å². The maximum Gasteiger partial charge on any atom is 0.326 e. The second kappa shape index (κ2) is 17.5. The molecule has 42 heavy (non-hydrogen) atoms. The molecule has 2 rings (SSSR count). The Bertz CT molecular complexity index is 1170. The van der Waals surface area contributed by atoms with Gasteiger partial charge in [0.25, 0.3) is 0 Å². The van der Waals surface area contributed by atoms with Gasteiger partial charge in [-0.05, 0) is 40.5 Å². The summed E-state index contributed by atoms with van der Waals surface area (Å²) >= 11 is 0. The van der Waals surface area contributed by atoms with Gasteiger partial charge < -0.3 is 24.5 Å². The zero-order chi connectivity index (χ0) is 31.2. The molecule has 4 N–H and O–H groups in total. The predicted octanol–water partition coefficient (Wildman–Crippen LogP) is 4.56. The van der Waals surface area contributed by atoms with Crippen LogP contribution in [0.3, 0.4) is 0 Å². The van der Waals surface area contributed by atoms with E-state index in [0.29, 0.717) is 24.3 Å². The van der Waals surface area contributed by atoms with Crippen molar-refractivity contribution in [1.29, 1.82) is 0 Å². The molecular formula is C28H50N7O6P. The Morgan fingerprint density at radius 3 is 2.29 bits per heavy atom. The van der Waals surface area contributed by atoms with E-state index in [9.17, 15) is 14.2 Å². The third-order valence-electron chi connectivity index (χ3n) is 6.62. The number of ether oxygens (including phenoxy) is 3. The summed E-state index contributed by atoms with van der Waals surface area (Å²) < 4.78 is 32.8. The van der Waals surface area contributed by atoms with Gasteiger partial charge in [-0.15, -0.1) is 0 Å². The third kappa shape index (κ3) is 11.6. The summed E-state index contributed by atoms with van der Waals surface area (Å²) in [4.78, 5) is 38.1. The predicted molar refractivity (Wildman–Crippen MR) is 163 cm³/mol. The SMILES string of the molecule is CCCCCCOC(=O)[C@@H](C)N[P@](=O)(CO[C@H](C)Cn1cnc2c(N)ncnc21)NC(C)(C)C(=O)OCCCCCC. The number of carbonyl (C=O) groups excluding carboxylic acids is 2. The first kappa shape index (κ1) is 35.6. The van der Waals surface area contributed by atoms with Crippen LogP contribution in [0.15, 0.2) is 12.7 Å². The molecule has 0 spiro atoms. The van der Waals surface area contributed by atoms with E-state index in [1.807, 2.05) is 6.92 Å². The average Bonchev–Trinajstić information content (AvgIpc) is 3.35. The van der Waals surface area contributed by atoms with E-state index in [0.717, 1.165) is 51.4 Å². The summed E-state index contributed by atoms with van der Waals surface area (Å²) in [5.41, 5.74) is 5.60. The number of hydrogen-bond donors (Lipinski definition) is 3. The minimum absolute atomic E-state index is 0.274. The molecule has 0 unspecified atom stereocenters. The molecule has 0 aliphatic heterocycles. The van der Waals surface area contributed by atoms with Crippen molar-refractivity contribution < 1.29 is 28.4 Å². The van der Waals surface area contributed by atoms with Gasteiger partial charge in [-0.1, -0.05) is 52.4 Å². The number of nitrogen functional groups attached to an aromatic ring is 1. The number of rotatable bonds is 21. The van der Waals surface area contributed by atoms with E-state index in [1.54, 1.807) is 31.7 Å². The van der Waals surface area contributed by atoms with E-state index < -0.39 is 37.1 Å². The second-order valence-corrected chi connectivity index (χ2v) is 13.4. The zero-order valence-electron chi connectivity index (χ0n) is 26.1. The molecule has 0 saturated carbocycles. The number of esters is 2. The van der Waals surface area contributed by atoms with E-state index in [2.05, 4.69) is 39.0 Å². The highest BCUT2D eigenvalue weighted by atomic mass is 31.2. The number of anilines is 1. The van der Waals surface area contributed by atoms with Crippen LogP contribution >= 0.6 is 7.44 Å². The molecule has 13 nitrogen and oxygen atoms in total. The molecule has 238 valence electrons. The summed E-state index contributed by atoms with van der Waals surface area (Å²) in [7, 11) is -3.70. The first-order valence-corrected chi connectivity index (χ1v) is 16.8. The van der Waals surface area contributed by atoms with Gasteiger partial charge in [0.2, 0.25) is 7.44 Å². The molecule has 0 fully saturated rings. The number of nitrogens with zero attached hydrogens (tertiary/aromatic N) is 4. The maximum absolute atomic E-state index is 14.2. The Morgan fingerprint density at radius 2 is 1.64 bits per heavy atom. The molecule has 2 aromatic rings. The molecule has 0 aliphatic carbocycles. The van der Waals surface area contributed by atoms with Crippen LogP contribution < -0.4 is 15.9 Å². The van der Waals surface area contributed by atoms with Crippen LogP contribution in [0.25, 0.3) is 11.2 Å². The van der Waals surface area contributed by atoms with Crippen molar-refractivity contribution in [3.05, 3.63) is 12.7 Å². The van der Waals surface area contributed by atoms with Gasteiger partial charge in [-0.3, -0.25) is 14.2 Å². The van der Waals surface area contributed by atoms with Crippen LogP contribution in [-0.4, -0.2) is 68.7 Å². The Balaban J connectivity index is 2.09. The number of fused-ring (bicyclic) bond motifs is 1. The van der Waals surface area contributed by atoms with Crippen molar-refractivity contribution >= 4 is 36.4 Å².